The summed E-state index contributed by atoms with van der Waals surface area (Å²) >= 11 is 0. The van der Waals surface area contributed by atoms with Gasteiger partial charge >= 0.3 is 0 Å². The third-order valence-corrected chi connectivity index (χ3v) is 3.57. The lowest BCUT2D eigenvalue weighted by Gasteiger charge is -2.10. The predicted octanol–water partition coefficient (Wildman–Crippen LogP) is 2.24. The fraction of sp³-hybridized carbons (Fsp3) is 0.438. The lowest BCUT2D eigenvalue weighted by Crippen LogP contribution is -2.27. The molecule has 1 aromatic carbocycles. The molecule has 20 heavy (non-hydrogen) atoms. The second kappa shape index (κ2) is 6.68. The third kappa shape index (κ3) is 3.46. The van der Waals surface area contributed by atoms with Gasteiger partial charge in [0.25, 0.3) is 0 Å². The molecule has 0 spiro atoms. The standard InChI is InChI=1S/C16H20N2O2/c1-2-4-16-14(3-1)9-15(11-18-16)20-8-6-17-10-13-5-7-19-12-13/h1-4,9,11,13,17H,5-8,10,12H2. The van der Waals surface area contributed by atoms with E-state index in [4.69, 9.17) is 9.47 Å². The normalized spacial score (nSPS) is 18.5. The minimum absolute atomic E-state index is 0.660. The number of aromatic nitrogens is 1. The summed E-state index contributed by atoms with van der Waals surface area (Å²) in [5.41, 5.74) is 0.999. The Morgan fingerprint density at radius 3 is 3.20 bits per heavy atom. The Morgan fingerprint density at radius 2 is 2.30 bits per heavy atom. The fourth-order valence-corrected chi connectivity index (χ4v) is 2.42. The van der Waals surface area contributed by atoms with Crippen LogP contribution in [0.15, 0.2) is 36.5 Å². The van der Waals surface area contributed by atoms with Gasteiger partial charge in [0, 0.05) is 25.1 Å². The first-order valence-electron chi connectivity index (χ1n) is 7.18. The van der Waals surface area contributed by atoms with Gasteiger partial charge in [-0.25, -0.2) is 0 Å². The SMILES string of the molecule is c1ccc2ncc(OCCNCC3CCOC3)cc2c1. The van der Waals surface area contributed by atoms with Crippen molar-refractivity contribution in [3.63, 3.8) is 0 Å². The number of fused-ring (bicyclic) bond motifs is 1. The van der Waals surface area contributed by atoms with Gasteiger partial charge in [0.2, 0.25) is 0 Å². The van der Waals surface area contributed by atoms with Crippen LogP contribution in [0.4, 0.5) is 0 Å². The number of para-hydroxylation sites is 1. The Hall–Kier alpha value is -1.65. The van der Waals surface area contributed by atoms with Gasteiger partial charge in [-0.15, -0.1) is 0 Å². The molecule has 0 radical (unpaired) electrons. The summed E-state index contributed by atoms with van der Waals surface area (Å²) in [4.78, 5) is 4.38. The highest BCUT2D eigenvalue weighted by atomic mass is 16.5. The van der Waals surface area contributed by atoms with Crippen LogP contribution in [0.25, 0.3) is 10.9 Å². The van der Waals surface area contributed by atoms with Crippen LogP contribution in [0.5, 0.6) is 5.75 Å². The number of nitrogens with zero attached hydrogens (tertiary/aromatic N) is 1. The van der Waals surface area contributed by atoms with Crippen molar-refractivity contribution < 1.29 is 9.47 Å². The van der Waals surface area contributed by atoms with E-state index in [2.05, 4.69) is 10.3 Å². The van der Waals surface area contributed by atoms with Crippen LogP contribution in [0.3, 0.4) is 0 Å². The number of rotatable bonds is 6. The molecule has 1 fully saturated rings. The molecule has 1 unspecified atom stereocenters. The van der Waals surface area contributed by atoms with Crippen LogP contribution in [0.1, 0.15) is 6.42 Å². The van der Waals surface area contributed by atoms with Crippen molar-refractivity contribution in [3.8, 4) is 5.75 Å². The average molecular weight is 272 g/mol. The molecule has 1 aliphatic rings. The van der Waals surface area contributed by atoms with Crippen molar-refractivity contribution in [2.75, 3.05) is 32.9 Å². The van der Waals surface area contributed by atoms with Crippen LogP contribution in [0.2, 0.25) is 0 Å². The Bertz CT molecular complexity index is 553. The molecule has 1 aliphatic heterocycles. The molecule has 1 aromatic heterocycles. The first-order chi connectivity index (χ1) is 9.92. The summed E-state index contributed by atoms with van der Waals surface area (Å²) in [7, 11) is 0. The van der Waals surface area contributed by atoms with E-state index in [0.717, 1.165) is 43.0 Å². The number of hydrogen-bond donors (Lipinski definition) is 1. The van der Waals surface area contributed by atoms with Crippen molar-refractivity contribution in [1.29, 1.82) is 0 Å². The molecule has 3 rings (SSSR count). The average Bonchev–Trinajstić information content (AvgIpc) is 3.00. The summed E-state index contributed by atoms with van der Waals surface area (Å²) in [5, 5.41) is 4.52. The predicted molar refractivity (Wildman–Crippen MR) is 79.0 cm³/mol. The molecule has 1 N–H and O–H groups in total. The Balaban J connectivity index is 1.42. The van der Waals surface area contributed by atoms with E-state index < -0.39 is 0 Å². The Morgan fingerprint density at radius 1 is 1.35 bits per heavy atom. The molecule has 0 aliphatic carbocycles. The third-order valence-electron chi connectivity index (χ3n) is 3.57. The zero-order chi connectivity index (χ0) is 13.6. The number of ether oxygens (including phenoxy) is 2. The minimum atomic E-state index is 0.660. The van der Waals surface area contributed by atoms with Crippen LogP contribution in [0, 0.1) is 5.92 Å². The second-order valence-electron chi connectivity index (χ2n) is 5.15. The molecule has 1 saturated heterocycles. The van der Waals surface area contributed by atoms with Gasteiger partial charge in [0.15, 0.2) is 0 Å². The molecule has 1 atom stereocenters. The van der Waals surface area contributed by atoms with Gasteiger partial charge in [-0.3, -0.25) is 4.98 Å². The van der Waals surface area contributed by atoms with E-state index in [1.165, 1.54) is 6.42 Å². The summed E-state index contributed by atoms with van der Waals surface area (Å²) in [6, 6.07) is 10.1. The van der Waals surface area contributed by atoms with Crippen LogP contribution in [-0.2, 0) is 4.74 Å². The summed E-state index contributed by atoms with van der Waals surface area (Å²) in [6.45, 7) is 4.32. The number of pyridine rings is 1. The van der Waals surface area contributed by atoms with Gasteiger partial charge in [-0.1, -0.05) is 18.2 Å². The molecular weight excluding hydrogens is 252 g/mol. The van der Waals surface area contributed by atoms with E-state index in [0.29, 0.717) is 12.5 Å². The second-order valence-corrected chi connectivity index (χ2v) is 5.15. The highest BCUT2D eigenvalue weighted by Crippen LogP contribution is 2.17. The van der Waals surface area contributed by atoms with Crippen LogP contribution < -0.4 is 10.1 Å². The number of nitrogens with one attached hydrogen (secondary N) is 1. The zero-order valence-electron chi connectivity index (χ0n) is 11.5. The summed E-state index contributed by atoms with van der Waals surface area (Å²) < 4.78 is 11.1. The topological polar surface area (TPSA) is 43.4 Å². The fourth-order valence-electron chi connectivity index (χ4n) is 2.42. The molecule has 2 aromatic rings. The summed E-state index contributed by atoms with van der Waals surface area (Å²) in [5.74, 6) is 1.49. The van der Waals surface area contributed by atoms with Crippen molar-refractivity contribution in [2.24, 2.45) is 5.92 Å². The van der Waals surface area contributed by atoms with Crippen LogP contribution in [-0.4, -0.2) is 37.9 Å². The van der Waals surface area contributed by atoms with E-state index in [1.54, 1.807) is 6.20 Å². The van der Waals surface area contributed by atoms with Gasteiger partial charge in [-0.05, 0) is 24.5 Å². The molecule has 0 saturated carbocycles. The van der Waals surface area contributed by atoms with Gasteiger partial charge in [0.05, 0.1) is 18.3 Å². The molecule has 4 heteroatoms. The smallest absolute Gasteiger partial charge is 0.138 e. The van der Waals surface area contributed by atoms with Crippen molar-refractivity contribution in [3.05, 3.63) is 36.5 Å². The molecule has 0 bridgehead atoms. The van der Waals surface area contributed by atoms with E-state index in [1.807, 2.05) is 30.3 Å². The van der Waals surface area contributed by atoms with Crippen molar-refractivity contribution in [2.45, 2.75) is 6.42 Å². The lowest BCUT2D eigenvalue weighted by atomic mass is 10.1. The Labute approximate surface area is 119 Å². The molecule has 2 heterocycles. The maximum Gasteiger partial charge on any atom is 0.138 e. The minimum Gasteiger partial charge on any atom is -0.491 e. The Kier molecular flexibility index (Phi) is 4.46. The highest BCUT2D eigenvalue weighted by molar-refractivity contribution is 5.79. The van der Waals surface area contributed by atoms with E-state index in [9.17, 15) is 0 Å². The lowest BCUT2D eigenvalue weighted by molar-refractivity contribution is 0.185. The summed E-state index contributed by atoms with van der Waals surface area (Å²) in [6.07, 6.45) is 2.95. The number of hydrogen-bond acceptors (Lipinski definition) is 4. The monoisotopic (exact) mass is 272 g/mol. The molecule has 106 valence electrons. The molecule has 4 nitrogen and oxygen atoms in total. The maximum absolute atomic E-state index is 5.72. The van der Waals surface area contributed by atoms with Crippen molar-refractivity contribution in [1.82, 2.24) is 10.3 Å². The molecule has 0 amide bonds. The first kappa shape index (κ1) is 13.3. The van der Waals surface area contributed by atoms with Gasteiger partial charge in [-0.2, -0.15) is 0 Å². The van der Waals surface area contributed by atoms with E-state index in [-0.39, 0.29) is 0 Å². The van der Waals surface area contributed by atoms with Crippen LogP contribution >= 0.6 is 0 Å². The molecular formula is C16H20N2O2. The quantitative estimate of drug-likeness (QED) is 0.819. The van der Waals surface area contributed by atoms with Gasteiger partial charge in [0.1, 0.15) is 12.4 Å². The zero-order valence-corrected chi connectivity index (χ0v) is 11.5. The van der Waals surface area contributed by atoms with E-state index >= 15 is 0 Å². The largest absolute Gasteiger partial charge is 0.491 e. The maximum atomic E-state index is 5.72. The first-order valence-corrected chi connectivity index (χ1v) is 7.18. The highest BCUT2D eigenvalue weighted by Gasteiger charge is 2.14. The number of benzene rings is 1. The van der Waals surface area contributed by atoms with Crippen molar-refractivity contribution >= 4 is 10.9 Å². The van der Waals surface area contributed by atoms with Gasteiger partial charge < -0.3 is 14.8 Å².